The molecule has 24 nitrogen and oxygen atoms in total. The van der Waals surface area contributed by atoms with Gasteiger partial charge in [0.15, 0.2) is 0 Å². The summed E-state index contributed by atoms with van der Waals surface area (Å²) in [6.45, 7) is 22.5. The summed E-state index contributed by atoms with van der Waals surface area (Å²) in [4.78, 5) is 40.1. The van der Waals surface area contributed by atoms with Crippen molar-refractivity contribution in [2.24, 2.45) is 17.6 Å². The van der Waals surface area contributed by atoms with Crippen LogP contribution in [0, 0.1) is 11.8 Å². The molecule has 2 N–H and O–H groups in total. The lowest BCUT2D eigenvalue weighted by Crippen LogP contribution is -2.41. The number of ether oxygens (including phenoxy) is 6. The van der Waals surface area contributed by atoms with Crippen LogP contribution in [0.25, 0.3) is 33.4 Å². The van der Waals surface area contributed by atoms with Gasteiger partial charge in [-0.3, -0.25) is 28.3 Å². The first-order valence-electron chi connectivity index (χ1n) is 44.3. The number of thioether (sulfide) groups is 2. The van der Waals surface area contributed by atoms with Gasteiger partial charge in [0.25, 0.3) is 0 Å². The second-order valence-corrected chi connectivity index (χ2v) is 44.6. The summed E-state index contributed by atoms with van der Waals surface area (Å²) in [5.41, 5.74) is 12.1. The normalized spacial score (nSPS) is 15.2. The number of carbonyl (C=O) groups is 2. The molecule has 4 aliphatic carbocycles. The Morgan fingerprint density at radius 1 is 0.512 bits per heavy atom. The topological polar surface area (TPSA) is 278 Å². The fourth-order valence-corrected chi connectivity index (χ4v) is 21.5. The molecular weight excluding hydrogens is 1900 g/mol. The van der Waals surface area contributed by atoms with E-state index in [0.717, 1.165) is 142 Å². The Balaban J connectivity index is 0.000000165. The molecule has 8 heterocycles. The van der Waals surface area contributed by atoms with Gasteiger partial charge in [-0.1, -0.05) is 115 Å². The van der Waals surface area contributed by atoms with E-state index in [9.17, 15) is 18.0 Å². The molecule has 5 fully saturated rings. The molecule has 0 amide bonds. The zero-order valence-corrected chi connectivity index (χ0v) is 84.9. The van der Waals surface area contributed by atoms with Gasteiger partial charge >= 0.3 is 19.1 Å². The third-order valence-corrected chi connectivity index (χ3v) is 31.9. The summed E-state index contributed by atoms with van der Waals surface area (Å²) in [5.74, 6) is 5.16. The van der Waals surface area contributed by atoms with Gasteiger partial charge in [-0.2, -0.15) is 20.4 Å². The number of hydrogen-bond donors (Lipinski definition) is 1. The molecule has 1 saturated heterocycles. The zero-order chi connectivity index (χ0) is 91.5. The first-order valence-corrected chi connectivity index (χ1v) is 52.6. The predicted octanol–water partition coefficient (Wildman–Crippen LogP) is 24.2. The van der Waals surface area contributed by atoms with Gasteiger partial charge in [-0.05, 0) is 222 Å². The fourth-order valence-electron chi connectivity index (χ4n) is 13.2. The molecule has 129 heavy (non-hydrogen) atoms. The lowest BCUT2D eigenvalue weighted by Gasteiger charge is -2.32. The second kappa shape index (κ2) is 50.7. The van der Waals surface area contributed by atoms with Gasteiger partial charge in [0.05, 0.1) is 150 Å². The number of esters is 2. The summed E-state index contributed by atoms with van der Waals surface area (Å²) < 4.78 is 82.0. The van der Waals surface area contributed by atoms with E-state index >= 15 is 0 Å². The maximum absolute atomic E-state index is 13.0. The number of hydrogen-bond acceptors (Lipinski definition) is 26. The highest BCUT2D eigenvalue weighted by molar-refractivity contribution is 9.11. The number of nitrogens with two attached hydrogens (primary N) is 1. The van der Waals surface area contributed by atoms with Crippen LogP contribution < -0.4 is 30.1 Å². The lowest BCUT2D eigenvalue weighted by molar-refractivity contribution is -0.145. The Morgan fingerprint density at radius 2 is 0.930 bits per heavy atom. The molecule has 11 aromatic rings. The molecule has 0 spiro atoms. The first-order chi connectivity index (χ1) is 61.7. The monoisotopic (exact) mass is 2020 g/mol. The number of carbonyl (C=O) groups excluding carboxylic acids is 2. The molecule has 0 bridgehead atoms. The molecule has 698 valence electrons. The van der Waals surface area contributed by atoms with Crippen LogP contribution in [0.15, 0.2) is 177 Å². The summed E-state index contributed by atoms with van der Waals surface area (Å²) in [7, 11) is 2.58. The Bertz CT molecular complexity index is 5430. The van der Waals surface area contributed by atoms with Gasteiger partial charge in [-0.15, -0.1) is 57.5 Å². The van der Waals surface area contributed by atoms with E-state index in [2.05, 4.69) is 189 Å². The van der Waals surface area contributed by atoms with E-state index in [1.807, 2.05) is 82.9 Å². The maximum Gasteiger partial charge on any atom is 0.498 e. The number of rotatable bonds is 39. The van der Waals surface area contributed by atoms with Crippen LogP contribution >= 0.6 is 101 Å². The van der Waals surface area contributed by atoms with E-state index in [4.69, 9.17) is 43.5 Å². The predicted molar refractivity (Wildman–Crippen MR) is 531 cm³/mol. The number of unbranched alkanes of at least 4 members (excludes halogenated alkanes) is 2. The largest absolute Gasteiger partial charge is 0.498 e. The molecule has 1 aliphatic heterocycles. The van der Waals surface area contributed by atoms with Gasteiger partial charge in [-0.25, -0.2) is 23.4 Å². The maximum atomic E-state index is 13.0. The quantitative estimate of drug-likeness (QED) is 0.0213. The second-order valence-electron chi connectivity index (χ2n) is 33.0. The number of nitrogens with zero attached hydrogens (tertiary/aromatic N) is 11. The third-order valence-electron chi connectivity index (χ3n) is 22.4. The molecule has 0 radical (unpaired) electrons. The molecular formula is C95H127BBr2N12O12S7. The Hall–Kier alpha value is -7.35. The smallest absolute Gasteiger partial charge is 0.497 e. The van der Waals surface area contributed by atoms with E-state index < -0.39 is 9.84 Å². The minimum absolute atomic E-state index is 0. The van der Waals surface area contributed by atoms with Crippen molar-refractivity contribution in [3.05, 3.63) is 164 Å². The number of methoxy groups -OCH3 is 4. The molecule has 2 atom stereocenters. The van der Waals surface area contributed by atoms with Crippen LogP contribution in [-0.4, -0.2) is 146 Å². The third kappa shape index (κ3) is 31.9. The highest BCUT2D eigenvalue weighted by atomic mass is 79.9. The fraction of sp³-hybridized carbons (Fsp3) is 0.505. The lowest BCUT2D eigenvalue weighted by atomic mass is 9.82. The van der Waals surface area contributed by atoms with E-state index in [-0.39, 0.29) is 53.3 Å². The molecule has 16 rings (SSSR count). The van der Waals surface area contributed by atoms with Crippen molar-refractivity contribution in [2.75, 3.05) is 53.2 Å². The summed E-state index contributed by atoms with van der Waals surface area (Å²) >= 11 is 16.3. The summed E-state index contributed by atoms with van der Waals surface area (Å²) in [6.07, 6.45) is 42.6. The molecule has 2 unspecified atom stereocenters. The average molecular weight is 2020 g/mol. The van der Waals surface area contributed by atoms with Gasteiger partial charge in [0.1, 0.15) is 32.2 Å². The van der Waals surface area contributed by atoms with Gasteiger partial charge < -0.3 is 43.5 Å². The van der Waals surface area contributed by atoms with Crippen LogP contribution in [0.2, 0.25) is 0 Å². The van der Waals surface area contributed by atoms with E-state index in [1.54, 1.807) is 91.6 Å². The molecule has 4 saturated carbocycles. The SMILES string of the molecule is C.CC1(C)OB(c2cnn(C3CC3)c2)OC1(C)C.CCCCC(CC)COC(=O)CCSc1cc(Br)cc(OC)c1.CCCCC(CC)COC(=O)CCSc1cc(OC)cc(-c2cnn(C3CC3)c2)c1.CCc1ncc(Br)s1.CCc1ncc(Sc2cc(OC)cc(-c3cnn(C4CC4)c3)c2)s1.COc1cc(-c2cnn(C3CC3)c2)cc(S(=O)(=O)c2cnc(CN)s2)c1. The average Bonchev–Trinajstić information content (AvgIpc) is 1.58. The number of halogens is 2. The standard InChI is InChI=1S/C24H34N2O3S.C18H27BrO3S.C18H19N3OS2.C17H18N4O3S2.C12H19BN2O2.C5H6BrNS.CH4/c1-4-6-7-18(5-2)17-29-24(27)10-11-30-23-13-19(12-22(14-23)28-3)20-15-25-26(16-20)21-8-9-21;1-4-6-7-14(5-2)13-22-18(20)8-9-23-17-11-15(19)10-16(12-17)21-3;1-3-17-19-10-18(24-17)23-16-7-12(6-15(8-16)22-2)13-9-20-21(11-13)14-4-5-14;1-24-14-4-11(12-8-20-21(10-12)13-2-3-13)5-15(6-14)26(22,23)17-9-19-16(7-18)25-17;1-11(2)12(3,4)17-13(16-11)9-7-14-15(8-9)10-5-6-10;1-2-5-7-3-4(6)8-5;/h12-16,18,21H,4-11,17H2,1-3H3;10-12,14H,4-9,13H2,1-3H3;6-11,14H,3-5H2,1-2H3;4-6,8-10,13H,2-3,7,18H2,1H3;7-8,10H,5-6H2,1-4H3;3H,2H2,1H3;1H4. The summed E-state index contributed by atoms with van der Waals surface area (Å²) in [5, 5.41) is 20.7. The minimum Gasteiger partial charge on any atom is -0.497 e. The van der Waals surface area contributed by atoms with Crippen LogP contribution in [0.4, 0.5) is 0 Å². The number of benzene rings is 4. The number of aromatic nitrogens is 11. The molecule has 4 aromatic carbocycles. The van der Waals surface area contributed by atoms with Crippen molar-refractivity contribution in [1.29, 1.82) is 0 Å². The Morgan fingerprint density at radius 3 is 1.35 bits per heavy atom. The molecule has 34 heteroatoms. The highest BCUT2D eigenvalue weighted by Crippen LogP contribution is 2.44. The Kier molecular flexibility index (Phi) is 40.7. The van der Waals surface area contributed by atoms with Crippen LogP contribution in [0.5, 0.6) is 23.0 Å². The molecule has 7 aromatic heterocycles. The van der Waals surface area contributed by atoms with Gasteiger partial charge in [0, 0.05) is 90.3 Å². The molecule has 5 aliphatic rings. The minimum atomic E-state index is -3.70. The van der Waals surface area contributed by atoms with Gasteiger partial charge in [0.2, 0.25) is 9.84 Å². The van der Waals surface area contributed by atoms with Crippen molar-refractivity contribution in [1.82, 2.24) is 54.1 Å². The van der Waals surface area contributed by atoms with Crippen LogP contribution in [-0.2, 0) is 57.6 Å². The number of aryl methyl sites for hydroxylation is 2. The van der Waals surface area contributed by atoms with Crippen LogP contribution in [0.1, 0.15) is 231 Å². The van der Waals surface area contributed by atoms with Crippen molar-refractivity contribution < 1.29 is 55.7 Å². The van der Waals surface area contributed by atoms with Crippen molar-refractivity contribution in [3.8, 4) is 56.4 Å². The number of thiazole rings is 3. The summed E-state index contributed by atoms with van der Waals surface area (Å²) in [6, 6.07) is 25.7. The first kappa shape index (κ1) is 104. The Labute approximate surface area is 804 Å². The van der Waals surface area contributed by atoms with Crippen molar-refractivity contribution >= 4 is 136 Å². The van der Waals surface area contributed by atoms with Crippen molar-refractivity contribution in [2.45, 2.75) is 275 Å². The van der Waals surface area contributed by atoms with Crippen LogP contribution in [0.3, 0.4) is 0 Å². The van der Waals surface area contributed by atoms with Crippen molar-refractivity contribution in [3.63, 3.8) is 0 Å². The highest BCUT2D eigenvalue weighted by Gasteiger charge is 2.52. The zero-order valence-electron chi connectivity index (χ0n) is 76.0. The van der Waals surface area contributed by atoms with E-state index in [1.165, 1.54) is 97.8 Å². The number of sulfone groups is 1. The van der Waals surface area contributed by atoms with E-state index in [0.29, 0.717) is 84.3 Å².